The number of nitro benzene ring substituents is 1. The average Bonchev–Trinajstić information content (AvgIpc) is 2.39. The monoisotopic (exact) mass is 268 g/mol. The minimum atomic E-state index is -0.774. The minimum Gasteiger partial charge on any atom is -0.378 e. The van der Waals surface area contributed by atoms with E-state index < -0.39 is 16.4 Å². The summed E-state index contributed by atoms with van der Waals surface area (Å²) in [7, 11) is 0. The fourth-order valence-corrected chi connectivity index (χ4v) is 2.30. The third-order valence-corrected chi connectivity index (χ3v) is 3.42. The van der Waals surface area contributed by atoms with Crippen LogP contribution in [0.2, 0.25) is 0 Å². The van der Waals surface area contributed by atoms with Crippen molar-refractivity contribution in [3.8, 4) is 0 Å². The third-order valence-electron chi connectivity index (χ3n) is 3.42. The highest BCUT2D eigenvalue weighted by molar-refractivity contribution is 5.35. The number of rotatable bonds is 4. The van der Waals surface area contributed by atoms with Crippen LogP contribution in [0.3, 0.4) is 0 Å². The number of benzene rings is 1. The molecular weight excluding hydrogens is 251 g/mol. The Hall–Kier alpha value is -1.53. The Labute approximate surface area is 111 Å². The predicted octanol–water partition coefficient (Wildman–Crippen LogP) is 2.34. The van der Waals surface area contributed by atoms with Crippen molar-refractivity contribution in [3.05, 3.63) is 39.7 Å². The highest BCUT2D eigenvalue weighted by Gasteiger charge is 2.22. The van der Waals surface area contributed by atoms with E-state index in [-0.39, 0.29) is 0 Å². The van der Waals surface area contributed by atoms with E-state index in [2.05, 4.69) is 11.8 Å². The predicted molar refractivity (Wildman–Crippen MR) is 68.4 cm³/mol. The molecule has 1 aromatic carbocycles. The second-order valence-electron chi connectivity index (χ2n) is 4.65. The van der Waals surface area contributed by atoms with E-state index in [1.165, 1.54) is 12.1 Å². The summed E-state index contributed by atoms with van der Waals surface area (Å²) in [6.45, 7) is 4.84. The van der Waals surface area contributed by atoms with Crippen LogP contribution in [-0.2, 0) is 11.3 Å². The molecule has 1 heterocycles. The fraction of sp³-hybridized carbons (Fsp3) is 0.538. The van der Waals surface area contributed by atoms with Gasteiger partial charge in [0.1, 0.15) is 0 Å². The standard InChI is InChI=1S/C13H17FN2O3/c1-2-11-9-19-6-5-15(11)8-10-3-4-13(16(17)18)12(14)7-10/h3-4,7,11H,2,5-6,8-9H2,1H3. The molecule has 2 rings (SSSR count). The first-order valence-electron chi connectivity index (χ1n) is 6.36. The van der Waals surface area contributed by atoms with Gasteiger partial charge in [-0.2, -0.15) is 4.39 Å². The lowest BCUT2D eigenvalue weighted by Crippen LogP contribution is -2.44. The highest BCUT2D eigenvalue weighted by Crippen LogP contribution is 2.20. The molecule has 0 aromatic heterocycles. The van der Waals surface area contributed by atoms with Gasteiger partial charge in [0.2, 0.25) is 5.82 Å². The zero-order chi connectivity index (χ0) is 13.8. The van der Waals surface area contributed by atoms with E-state index >= 15 is 0 Å². The zero-order valence-electron chi connectivity index (χ0n) is 10.8. The Balaban J connectivity index is 2.10. The molecular formula is C13H17FN2O3. The second kappa shape index (κ2) is 6.08. The van der Waals surface area contributed by atoms with E-state index in [9.17, 15) is 14.5 Å². The van der Waals surface area contributed by atoms with Crippen LogP contribution in [0.15, 0.2) is 18.2 Å². The van der Waals surface area contributed by atoms with Gasteiger partial charge in [-0.15, -0.1) is 0 Å². The first-order chi connectivity index (χ1) is 9.11. The van der Waals surface area contributed by atoms with Crippen LogP contribution >= 0.6 is 0 Å². The molecule has 6 heteroatoms. The SMILES string of the molecule is CCC1COCCN1Cc1ccc([N+](=O)[O-])c(F)c1. The quantitative estimate of drug-likeness (QED) is 0.621. The van der Waals surface area contributed by atoms with E-state index in [0.29, 0.717) is 25.8 Å². The normalized spacial score (nSPS) is 20.4. The summed E-state index contributed by atoms with van der Waals surface area (Å²) in [4.78, 5) is 12.1. The molecule has 1 saturated heterocycles. The lowest BCUT2D eigenvalue weighted by Gasteiger charge is -2.35. The molecule has 5 nitrogen and oxygen atoms in total. The van der Waals surface area contributed by atoms with Gasteiger partial charge >= 0.3 is 5.69 Å². The Morgan fingerprint density at radius 2 is 2.37 bits per heavy atom. The minimum absolute atomic E-state index is 0.326. The number of nitro groups is 1. The van der Waals surface area contributed by atoms with Gasteiger partial charge in [-0.25, -0.2) is 0 Å². The molecule has 0 radical (unpaired) electrons. The van der Waals surface area contributed by atoms with Crippen LogP contribution in [0, 0.1) is 15.9 Å². The van der Waals surface area contributed by atoms with Gasteiger partial charge < -0.3 is 4.74 Å². The maximum Gasteiger partial charge on any atom is 0.304 e. The van der Waals surface area contributed by atoms with Crippen LogP contribution in [0.4, 0.5) is 10.1 Å². The molecule has 0 spiro atoms. The largest absolute Gasteiger partial charge is 0.378 e. The number of ether oxygens (including phenoxy) is 1. The smallest absolute Gasteiger partial charge is 0.304 e. The summed E-state index contributed by atoms with van der Waals surface area (Å²) in [5.74, 6) is -0.774. The number of morpholine rings is 1. The van der Waals surface area contributed by atoms with Crippen molar-refractivity contribution >= 4 is 5.69 Å². The first-order valence-corrected chi connectivity index (χ1v) is 6.36. The summed E-state index contributed by atoms with van der Waals surface area (Å²) < 4.78 is 19.0. The molecule has 1 atom stereocenters. The van der Waals surface area contributed by atoms with E-state index in [1.807, 2.05) is 0 Å². The van der Waals surface area contributed by atoms with Crippen LogP contribution in [0.5, 0.6) is 0 Å². The Kier molecular flexibility index (Phi) is 4.44. The van der Waals surface area contributed by atoms with Crippen molar-refractivity contribution < 1.29 is 14.1 Å². The van der Waals surface area contributed by atoms with Crippen molar-refractivity contribution in [3.63, 3.8) is 0 Å². The van der Waals surface area contributed by atoms with Gasteiger partial charge in [-0.05, 0) is 18.1 Å². The number of halogens is 1. The lowest BCUT2D eigenvalue weighted by molar-refractivity contribution is -0.387. The van der Waals surface area contributed by atoms with E-state index in [1.54, 1.807) is 6.07 Å². The second-order valence-corrected chi connectivity index (χ2v) is 4.65. The summed E-state index contributed by atoms with van der Waals surface area (Å²) in [6, 6.07) is 4.42. The van der Waals surface area contributed by atoms with Gasteiger partial charge in [0.15, 0.2) is 0 Å². The molecule has 1 fully saturated rings. The van der Waals surface area contributed by atoms with E-state index in [4.69, 9.17) is 4.74 Å². The molecule has 104 valence electrons. The van der Waals surface area contributed by atoms with Crippen molar-refractivity contribution in [2.45, 2.75) is 25.9 Å². The zero-order valence-corrected chi connectivity index (χ0v) is 10.8. The Morgan fingerprint density at radius 1 is 1.58 bits per heavy atom. The molecule has 0 N–H and O–H groups in total. The number of hydrogen-bond donors (Lipinski definition) is 0. The lowest BCUT2D eigenvalue weighted by atomic mass is 10.1. The molecule has 1 aliphatic heterocycles. The van der Waals surface area contributed by atoms with Crippen LogP contribution in [-0.4, -0.2) is 35.6 Å². The van der Waals surface area contributed by atoms with Crippen LogP contribution in [0.1, 0.15) is 18.9 Å². The number of nitrogens with zero attached hydrogens (tertiary/aromatic N) is 2. The van der Waals surface area contributed by atoms with Crippen molar-refractivity contribution in [1.29, 1.82) is 0 Å². The maximum absolute atomic E-state index is 13.5. The molecule has 1 unspecified atom stereocenters. The molecule has 0 amide bonds. The highest BCUT2D eigenvalue weighted by atomic mass is 19.1. The molecule has 1 aromatic rings. The Morgan fingerprint density at radius 3 is 3.00 bits per heavy atom. The van der Waals surface area contributed by atoms with Gasteiger partial charge in [-0.3, -0.25) is 15.0 Å². The Bertz CT molecular complexity index is 467. The fourth-order valence-electron chi connectivity index (χ4n) is 2.30. The van der Waals surface area contributed by atoms with Crippen molar-refractivity contribution in [2.75, 3.05) is 19.8 Å². The topological polar surface area (TPSA) is 55.6 Å². The molecule has 0 aliphatic carbocycles. The van der Waals surface area contributed by atoms with Gasteiger partial charge in [0.25, 0.3) is 0 Å². The van der Waals surface area contributed by atoms with Gasteiger partial charge in [-0.1, -0.05) is 13.0 Å². The van der Waals surface area contributed by atoms with Crippen molar-refractivity contribution in [2.24, 2.45) is 0 Å². The van der Waals surface area contributed by atoms with Crippen LogP contribution in [0.25, 0.3) is 0 Å². The van der Waals surface area contributed by atoms with Crippen LogP contribution < -0.4 is 0 Å². The van der Waals surface area contributed by atoms with Gasteiger partial charge in [0, 0.05) is 25.2 Å². The third kappa shape index (κ3) is 3.27. The first kappa shape index (κ1) is 13.9. The summed E-state index contributed by atoms with van der Waals surface area (Å²) >= 11 is 0. The summed E-state index contributed by atoms with van der Waals surface area (Å²) in [5.41, 5.74) is 0.279. The average molecular weight is 268 g/mol. The van der Waals surface area contributed by atoms with Gasteiger partial charge in [0.05, 0.1) is 18.1 Å². The maximum atomic E-state index is 13.5. The summed E-state index contributed by atoms with van der Waals surface area (Å²) in [5, 5.41) is 10.6. The molecule has 1 aliphatic rings. The molecule has 0 saturated carbocycles. The molecule has 0 bridgehead atoms. The molecule has 19 heavy (non-hydrogen) atoms. The summed E-state index contributed by atoms with van der Waals surface area (Å²) in [6.07, 6.45) is 0.968. The van der Waals surface area contributed by atoms with Crippen molar-refractivity contribution in [1.82, 2.24) is 4.90 Å². The van der Waals surface area contributed by atoms with E-state index in [0.717, 1.165) is 18.5 Å². The number of hydrogen-bond acceptors (Lipinski definition) is 4.